The summed E-state index contributed by atoms with van der Waals surface area (Å²) < 4.78 is 10.6. The van der Waals surface area contributed by atoms with Gasteiger partial charge in [0.05, 0.1) is 13.2 Å². The van der Waals surface area contributed by atoms with Crippen LogP contribution in [0.3, 0.4) is 0 Å². The third-order valence-electron chi connectivity index (χ3n) is 5.35. The molecule has 168 valence electrons. The maximum absolute atomic E-state index is 13.2. The van der Waals surface area contributed by atoms with Gasteiger partial charge in [-0.15, -0.1) is 0 Å². The van der Waals surface area contributed by atoms with Crippen molar-refractivity contribution in [1.29, 1.82) is 0 Å². The predicted molar refractivity (Wildman–Crippen MR) is 116 cm³/mol. The molecule has 1 aromatic carbocycles. The molecule has 9 heteroatoms. The summed E-state index contributed by atoms with van der Waals surface area (Å²) in [5.74, 6) is 0.487. The number of hydrogen-bond donors (Lipinski definition) is 0. The number of aromatic nitrogens is 2. The SMILES string of the molecule is COCCN(CC(=O)N1CCCCC1c1nc(-c2ccc(Cl)cc2)no1)C(=O)C(C)C. The summed E-state index contributed by atoms with van der Waals surface area (Å²) in [7, 11) is 1.58. The van der Waals surface area contributed by atoms with Crippen LogP contribution >= 0.6 is 11.6 Å². The Balaban J connectivity index is 1.76. The Hall–Kier alpha value is -2.45. The maximum Gasteiger partial charge on any atom is 0.249 e. The Bertz CT molecular complexity index is 884. The lowest BCUT2D eigenvalue weighted by Crippen LogP contribution is -2.47. The van der Waals surface area contributed by atoms with Crippen molar-refractivity contribution in [2.45, 2.75) is 39.2 Å². The Labute approximate surface area is 187 Å². The van der Waals surface area contributed by atoms with Crippen molar-refractivity contribution in [3.8, 4) is 11.4 Å². The van der Waals surface area contributed by atoms with Crippen molar-refractivity contribution >= 4 is 23.4 Å². The standard InChI is InChI=1S/C22H29ClN4O4/c1-15(2)22(29)26(12-13-30-3)14-19(28)27-11-5-4-6-18(27)21-24-20(25-31-21)16-7-9-17(23)10-8-16/h7-10,15,18H,4-6,11-14H2,1-3H3. The summed E-state index contributed by atoms with van der Waals surface area (Å²) >= 11 is 5.95. The molecule has 1 aliphatic rings. The quantitative estimate of drug-likeness (QED) is 0.613. The summed E-state index contributed by atoms with van der Waals surface area (Å²) in [6.45, 7) is 5.01. The van der Waals surface area contributed by atoms with E-state index in [2.05, 4.69) is 10.1 Å². The molecule has 0 N–H and O–H groups in total. The van der Waals surface area contributed by atoms with Gasteiger partial charge in [0.15, 0.2) is 0 Å². The summed E-state index contributed by atoms with van der Waals surface area (Å²) in [5, 5.41) is 4.72. The van der Waals surface area contributed by atoms with E-state index in [1.54, 1.807) is 29.0 Å². The lowest BCUT2D eigenvalue weighted by Gasteiger charge is -2.35. The van der Waals surface area contributed by atoms with E-state index >= 15 is 0 Å². The third-order valence-corrected chi connectivity index (χ3v) is 5.60. The highest BCUT2D eigenvalue weighted by Gasteiger charge is 2.33. The van der Waals surface area contributed by atoms with Crippen LogP contribution in [0.4, 0.5) is 0 Å². The maximum atomic E-state index is 13.2. The van der Waals surface area contributed by atoms with Crippen LogP contribution in [0.2, 0.25) is 5.02 Å². The average Bonchev–Trinajstić information content (AvgIpc) is 3.26. The minimum atomic E-state index is -0.298. The van der Waals surface area contributed by atoms with Gasteiger partial charge in [-0.2, -0.15) is 4.98 Å². The molecular weight excluding hydrogens is 420 g/mol. The molecule has 1 fully saturated rings. The Morgan fingerprint density at radius 2 is 2.03 bits per heavy atom. The first-order valence-corrected chi connectivity index (χ1v) is 10.9. The first-order valence-electron chi connectivity index (χ1n) is 10.6. The van der Waals surface area contributed by atoms with E-state index in [0.29, 0.717) is 36.4 Å². The van der Waals surface area contributed by atoms with Gasteiger partial charge in [-0.25, -0.2) is 0 Å². The average molecular weight is 449 g/mol. The molecule has 2 heterocycles. The zero-order valence-electron chi connectivity index (χ0n) is 18.2. The van der Waals surface area contributed by atoms with Gasteiger partial charge >= 0.3 is 0 Å². The molecule has 31 heavy (non-hydrogen) atoms. The van der Waals surface area contributed by atoms with Gasteiger partial charge in [0, 0.05) is 36.7 Å². The lowest BCUT2D eigenvalue weighted by molar-refractivity contribution is -0.145. The minimum Gasteiger partial charge on any atom is -0.383 e. The van der Waals surface area contributed by atoms with Crippen LogP contribution in [0.1, 0.15) is 45.0 Å². The summed E-state index contributed by atoms with van der Waals surface area (Å²) in [5.41, 5.74) is 0.793. The number of hydrogen-bond acceptors (Lipinski definition) is 6. The molecule has 3 rings (SSSR count). The number of halogens is 1. The van der Waals surface area contributed by atoms with Gasteiger partial charge in [-0.3, -0.25) is 9.59 Å². The molecule has 0 aliphatic carbocycles. The summed E-state index contributed by atoms with van der Waals surface area (Å²) in [6, 6.07) is 6.89. The van der Waals surface area contributed by atoms with E-state index in [1.165, 1.54) is 0 Å². The number of likely N-dealkylation sites (tertiary alicyclic amines) is 1. The molecule has 1 aromatic heterocycles. The van der Waals surface area contributed by atoms with Crippen molar-refractivity contribution < 1.29 is 18.8 Å². The van der Waals surface area contributed by atoms with Gasteiger partial charge in [0.1, 0.15) is 6.04 Å². The van der Waals surface area contributed by atoms with Crippen LogP contribution < -0.4 is 0 Å². The van der Waals surface area contributed by atoms with Crippen LogP contribution in [-0.2, 0) is 14.3 Å². The molecule has 8 nitrogen and oxygen atoms in total. The molecule has 1 saturated heterocycles. The third kappa shape index (κ3) is 5.83. The molecule has 0 saturated carbocycles. The van der Waals surface area contributed by atoms with Gasteiger partial charge < -0.3 is 19.1 Å². The summed E-state index contributed by atoms with van der Waals surface area (Å²) in [6.07, 6.45) is 2.60. The second kappa shape index (κ2) is 10.7. The lowest BCUT2D eigenvalue weighted by atomic mass is 10.0. The number of nitrogens with zero attached hydrogens (tertiary/aromatic N) is 4. The Morgan fingerprint density at radius 3 is 2.71 bits per heavy atom. The number of methoxy groups -OCH3 is 1. The molecule has 2 aromatic rings. The molecule has 1 unspecified atom stereocenters. The van der Waals surface area contributed by atoms with Crippen molar-refractivity contribution in [3.05, 3.63) is 35.2 Å². The zero-order valence-corrected chi connectivity index (χ0v) is 19.0. The van der Waals surface area contributed by atoms with E-state index in [4.69, 9.17) is 20.9 Å². The van der Waals surface area contributed by atoms with E-state index in [9.17, 15) is 9.59 Å². The highest BCUT2D eigenvalue weighted by molar-refractivity contribution is 6.30. The number of carbonyl (C=O) groups excluding carboxylic acids is 2. The normalized spacial score (nSPS) is 16.5. The number of piperidine rings is 1. The molecule has 1 aliphatic heterocycles. The van der Waals surface area contributed by atoms with Gasteiger partial charge in [-0.05, 0) is 43.5 Å². The van der Waals surface area contributed by atoms with Gasteiger partial charge in [0.2, 0.25) is 23.5 Å². The summed E-state index contributed by atoms with van der Waals surface area (Å²) in [4.78, 5) is 33.6. The number of rotatable bonds is 8. The minimum absolute atomic E-state index is 0.00898. The second-order valence-corrected chi connectivity index (χ2v) is 8.41. The van der Waals surface area contributed by atoms with Gasteiger partial charge in [-0.1, -0.05) is 30.6 Å². The molecule has 2 amide bonds. The highest BCUT2D eigenvalue weighted by atomic mass is 35.5. The van der Waals surface area contributed by atoms with E-state index in [0.717, 1.165) is 24.8 Å². The first-order chi connectivity index (χ1) is 14.9. The number of amides is 2. The Morgan fingerprint density at radius 1 is 1.29 bits per heavy atom. The van der Waals surface area contributed by atoms with Crippen molar-refractivity contribution in [3.63, 3.8) is 0 Å². The first kappa shape index (κ1) is 23.2. The fourth-order valence-electron chi connectivity index (χ4n) is 3.66. The Kier molecular flexibility index (Phi) is 8.03. The second-order valence-electron chi connectivity index (χ2n) is 7.97. The fourth-order valence-corrected chi connectivity index (χ4v) is 3.79. The predicted octanol–water partition coefficient (Wildman–Crippen LogP) is 3.57. The van der Waals surface area contributed by atoms with Crippen molar-refractivity contribution in [2.24, 2.45) is 5.92 Å². The van der Waals surface area contributed by atoms with Crippen LogP contribution in [0.15, 0.2) is 28.8 Å². The van der Waals surface area contributed by atoms with Crippen LogP contribution in [0.25, 0.3) is 11.4 Å². The number of carbonyl (C=O) groups is 2. The zero-order chi connectivity index (χ0) is 22.4. The van der Waals surface area contributed by atoms with Crippen LogP contribution in [0, 0.1) is 5.92 Å². The van der Waals surface area contributed by atoms with Gasteiger partial charge in [0.25, 0.3) is 0 Å². The fraction of sp³-hybridized carbons (Fsp3) is 0.545. The molecule has 0 bridgehead atoms. The molecule has 1 atom stereocenters. The van der Waals surface area contributed by atoms with Crippen molar-refractivity contribution in [2.75, 3.05) is 33.4 Å². The smallest absolute Gasteiger partial charge is 0.249 e. The molecular formula is C22H29ClN4O4. The number of ether oxygens (including phenoxy) is 1. The topological polar surface area (TPSA) is 88.8 Å². The molecule has 0 radical (unpaired) electrons. The van der Waals surface area contributed by atoms with E-state index in [-0.39, 0.29) is 30.3 Å². The van der Waals surface area contributed by atoms with E-state index < -0.39 is 0 Å². The number of benzene rings is 1. The van der Waals surface area contributed by atoms with E-state index in [1.807, 2.05) is 26.0 Å². The molecule has 0 spiro atoms. The highest BCUT2D eigenvalue weighted by Crippen LogP contribution is 2.31. The monoisotopic (exact) mass is 448 g/mol. The van der Waals surface area contributed by atoms with Crippen LogP contribution in [-0.4, -0.2) is 65.1 Å². The van der Waals surface area contributed by atoms with Crippen molar-refractivity contribution in [1.82, 2.24) is 19.9 Å². The van der Waals surface area contributed by atoms with Crippen LogP contribution in [0.5, 0.6) is 0 Å². The largest absolute Gasteiger partial charge is 0.383 e.